The molecule has 0 bridgehead atoms. The molecule has 1 heterocycles. The molecule has 0 amide bonds. The van der Waals surface area contributed by atoms with E-state index in [1.54, 1.807) is 23.5 Å². The van der Waals surface area contributed by atoms with E-state index < -0.39 is 11.6 Å². The molecule has 5 rings (SSSR count). The third-order valence-corrected chi connectivity index (χ3v) is 7.95. The third-order valence-electron chi connectivity index (χ3n) is 6.92. The summed E-state index contributed by atoms with van der Waals surface area (Å²) < 4.78 is 14.9. The molecule has 0 saturated carbocycles. The summed E-state index contributed by atoms with van der Waals surface area (Å²) in [5, 5.41) is 10.9. The number of halogens is 1. The molecule has 1 N–H and O–H groups in total. The molecular formula is C34H33FN2OS. The van der Waals surface area contributed by atoms with E-state index in [-0.39, 0.29) is 10.8 Å². The Balaban J connectivity index is 1.64. The smallest absolute Gasteiger partial charge is 0.165 e. The number of benzene rings is 4. The van der Waals surface area contributed by atoms with Crippen LogP contribution in [0.4, 0.5) is 10.1 Å². The zero-order valence-electron chi connectivity index (χ0n) is 23.2. The molecule has 0 aliphatic rings. The first-order valence-corrected chi connectivity index (χ1v) is 13.9. The van der Waals surface area contributed by atoms with Crippen molar-refractivity contribution in [2.24, 2.45) is 4.99 Å². The first kappa shape index (κ1) is 26.8. The Morgan fingerprint density at radius 2 is 1.49 bits per heavy atom. The van der Waals surface area contributed by atoms with Crippen LogP contribution < -0.4 is 0 Å². The maximum Gasteiger partial charge on any atom is 0.165 e. The van der Waals surface area contributed by atoms with Crippen LogP contribution in [-0.2, 0) is 10.8 Å². The molecule has 0 saturated heterocycles. The second-order valence-electron chi connectivity index (χ2n) is 11.9. The number of fused-ring (bicyclic) bond motifs is 1. The molecule has 0 aliphatic carbocycles. The largest absolute Gasteiger partial charge is 0.504 e. The van der Waals surface area contributed by atoms with Gasteiger partial charge in [0, 0.05) is 22.9 Å². The zero-order chi connectivity index (χ0) is 27.9. The number of hydrogen-bond acceptors (Lipinski definition) is 4. The molecule has 0 fully saturated rings. The Bertz CT molecular complexity index is 1690. The van der Waals surface area contributed by atoms with Crippen molar-refractivity contribution in [1.82, 2.24) is 4.98 Å². The van der Waals surface area contributed by atoms with E-state index in [1.807, 2.05) is 24.3 Å². The van der Waals surface area contributed by atoms with Gasteiger partial charge in [-0.2, -0.15) is 0 Å². The zero-order valence-corrected chi connectivity index (χ0v) is 24.0. The number of thiazole rings is 1. The summed E-state index contributed by atoms with van der Waals surface area (Å²) in [6, 6.07) is 25.5. The average Bonchev–Trinajstić information content (AvgIpc) is 3.32. The lowest BCUT2D eigenvalue weighted by molar-refractivity contribution is 0.431. The van der Waals surface area contributed by atoms with Gasteiger partial charge < -0.3 is 5.11 Å². The van der Waals surface area contributed by atoms with E-state index in [1.165, 1.54) is 23.4 Å². The highest BCUT2D eigenvalue weighted by Crippen LogP contribution is 2.42. The Kier molecular flexibility index (Phi) is 6.90. The standard InChI is InChI=1S/C34H33FN2OS/c1-33(2,3)23-16-14-21(15-17-23)26-18-24(34(4,5)6)19-29-30(26)37-32(39-29)25-11-7-8-13-28(25)36-20-22-10-9-12-27(35)31(22)38/h7-20,38H,1-6H3. The van der Waals surface area contributed by atoms with Gasteiger partial charge in [0.15, 0.2) is 11.6 Å². The number of rotatable bonds is 4. The summed E-state index contributed by atoms with van der Waals surface area (Å²) in [7, 11) is 0. The van der Waals surface area contributed by atoms with E-state index >= 15 is 0 Å². The second-order valence-corrected chi connectivity index (χ2v) is 13.0. The maximum absolute atomic E-state index is 13.8. The highest BCUT2D eigenvalue weighted by Gasteiger charge is 2.21. The van der Waals surface area contributed by atoms with E-state index in [0.29, 0.717) is 11.3 Å². The fourth-order valence-corrected chi connectivity index (χ4v) is 5.56. The minimum Gasteiger partial charge on any atom is -0.504 e. The van der Waals surface area contributed by atoms with Gasteiger partial charge in [0.1, 0.15) is 5.01 Å². The summed E-state index contributed by atoms with van der Waals surface area (Å²) in [6.07, 6.45) is 1.49. The molecule has 39 heavy (non-hydrogen) atoms. The molecule has 4 aromatic carbocycles. The van der Waals surface area contributed by atoms with Gasteiger partial charge in [-0.1, -0.05) is 84.0 Å². The predicted molar refractivity (Wildman–Crippen MR) is 163 cm³/mol. The van der Waals surface area contributed by atoms with Crippen molar-refractivity contribution >= 4 is 33.5 Å². The number of phenols is 1. The van der Waals surface area contributed by atoms with E-state index in [2.05, 4.69) is 82.9 Å². The fraction of sp³-hybridized carbons (Fsp3) is 0.235. The molecule has 1 aromatic heterocycles. The van der Waals surface area contributed by atoms with E-state index in [4.69, 9.17) is 4.98 Å². The fourth-order valence-electron chi connectivity index (χ4n) is 4.49. The van der Waals surface area contributed by atoms with Crippen molar-refractivity contribution in [3.8, 4) is 27.4 Å². The van der Waals surface area contributed by atoms with Crippen LogP contribution in [0.1, 0.15) is 58.2 Å². The Morgan fingerprint density at radius 1 is 0.795 bits per heavy atom. The van der Waals surface area contributed by atoms with Crippen molar-refractivity contribution < 1.29 is 9.50 Å². The van der Waals surface area contributed by atoms with Gasteiger partial charge in [-0.25, -0.2) is 9.37 Å². The summed E-state index contributed by atoms with van der Waals surface area (Å²) in [6.45, 7) is 13.4. The normalized spacial score (nSPS) is 12.5. The van der Waals surface area contributed by atoms with Crippen molar-refractivity contribution in [1.29, 1.82) is 0 Å². The van der Waals surface area contributed by atoms with Gasteiger partial charge in [0.2, 0.25) is 0 Å². The molecule has 0 radical (unpaired) electrons. The van der Waals surface area contributed by atoms with Crippen LogP contribution in [0.25, 0.3) is 31.9 Å². The number of aromatic hydroxyl groups is 1. The van der Waals surface area contributed by atoms with Crippen molar-refractivity contribution in [2.45, 2.75) is 52.4 Å². The van der Waals surface area contributed by atoms with E-state index in [9.17, 15) is 9.50 Å². The van der Waals surface area contributed by atoms with Crippen LogP contribution in [0.2, 0.25) is 0 Å². The third kappa shape index (κ3) is 5.50. The first-order valence-electron chi connectivity index (χ1n) is 13.1. The summed E-state index contributed by atoms with van der Waals surface area (Å²) in [4.78, 5) is 9.75. The molecule has 0 unspecified atom stereocenters. The van der Waals surface area contributed by atoms with Crippen LogP contribution in [-0.4, -0.2) is 16.3 Å². The molecule has 5 aromatic rings. The monoisotopic (exact) mass is 536 g/mol. The number of nitrogens with zero attached hydrogens (tertiary/aromatic N) is 2. The van der Waals surface area contributed by atoms with Gasteiger partial charge >= 0.3 is 0 Å². The number of hydrogen-bond donors (Lipinski definition) is 1. The second kappa shape index (κ2) is 10.0. The van der Waals surface area contributed by atoms with Crippen LogP contribution in [0.5, 0.6) is 5.75 Å². The Morgan fingerprint density at radius 3 is 2.18 bits per heavy atom. The van der Waals surface area contributed by atoms with E-state index in [0.717, 1.165) is 31.9 Å². The molecule has 0 atom stereocenters. The van der Waals surface area contributed by atoms with Crippen LogP contribution in [0.15, 0.2) is 83.9 Å². The topological polar surface area (TPSA) is 45.5 Å². The van der Waals surface area contributed by atoms with Crippen LogP contribution in [0, 0.1) is 5.82 Å². The number of aliphatic imine (C=N–C) groups is 1. The summed E-state index contributed by atoms with van der Waals surface area (Å²) >= 11 is 1.64. The maximum atomic E-state index is 13.8. The highest BCUT2D eigenvalue weighted by molar-refractivity contribution is 7.21. The van der Waals surface area contributed by atoms with Crippen molar-refractivity contribution in [2.75, 3.05) is 0 Å². The van der Waals surface area contributed by atoms with Crippen molar-refractivity contribution in [3.63, 3.8) is 0 Å². The van der Waals surface area contributed by atoms with Crippen LogP contribution >= 0.6 is 11.3 Å². The molecular weight excluding hydrogens is 503 g/mol. The lowest BCUT2D eigenvalue weighted by Gasteiger charge is -2.21. The molecule has 3 nitrogen and oxygen atoms in total. The molecule has 5 heteroatoms. The van der Waals surface area contributed by atoms with Gasteiger partial charge in [-0.3, -0.25) is 4.99 Å². The summed E-state index contributed by atoms with van der Waals surface area (Å²) in [5.41, 5.74) is 7.75. The lowest BCUT2D eigenvalue weighted by atomic mass is 9.84. The summed E-state index contributed by atoms with van der Waals surface area (Å²) in [5.74, 6) is -1.08. The Hall–Kier alpha value is -3.83. The number of phenolic OH excluding ortho intramolecular Hbond substituents is 1. The molecule has 198 valence electrons. The average molecular weight is 537 g/mol. The van der Waals surface area contributed by atoms with Crippen LogP contribution in [0.3, 0.4) is 0 Å². The minimum absolute atomic E-state index is 0.0202. The van der Waals surface area contributed by atoms with Gasteiger partial charge in [0.05, 0.1) is 15.9 Å². The number of para-hydroxylation sites is 2. The quantitative estimate of drug-likeness (QED) is 0.232. The SMILES string of the molecule is CC(C)(C)c1ccc(-c2cc(C(C)(C)C)cc3sc(-c4ccccc4N=Cc4cccc(F)c4O)nc23)cc1. The predicted octanol–water partition coefficient (Wildman–Crippen LogP) is 9.82. The van der Waals surface area contributed by atoms with Crippen molar-refractivity contribution in [3.05, 3.63) is 101 Å². The molecule has 0 spiro atoms. The highest BCUT2D eigenvalue weighted by atomic mass is 32.1. The minimum atomic E-state index is -0.670. The van der Waals surface area contributed by atoms with Gasteiger partial charge in [-0.15, -0.1) is 11.3 Å². The first-order chi connectivity index (χ1) is 18.4. The molecule has 0 aliphatic heterocycles. The lowest BCUT2D eigenvalue weighted by Crippen LogP contribution is -2.11. The van der Waals surface area contributed by atoms with Gasteiger partial charge in [-0.05, 0) is 63.9 Å². The number of aromatic nitrogens is 1. The van der Waals surface area contributed by atoms with Gasteiger partial charge in [0.25, 0.3) is 0 Å². The Labute approximate surface area is 233 Å².